The predicted octanol–water partition coefficient (Wildman–Crippen LogP) is 4.68. The van der Waals surface area contributed by atoms with Gasteiger partial charge in [0.25, 0.3) is 0 Å². The Hall–Kier alpha value is -2.27. The Morgan fingerprint density at radius 3 is 2.48 bits per heavy atom. The van der Waals surface area contributed by atoms with Crippen molar-refractivity contribution in [3.63, 3.8) is 0 Å². The van der Waals surface area contributed by atoms with Crippen LogP contribution in [0.1, 0.15) is 19.4 Å². The lowest BCUT2D eigenvalue weighted by molar-refractivity contribution is -0.114. The molecule has 0 aliphatic carbocycles. The van der Waals surface area contributed by atoms with Crippen molar-refractivity contribution in [3.8, 4) is 0 Å². The molecule has 0 bridgehead atoms. The number of anilines is 3. The summed E-state index contributed by atoms with van der Waals surface area (Å²) in [7, 11) is 0. The Morgan fingerprint density at radius 1 is 1.16 bits per heavy atom. The fraction of sp³-hybridized carbons (Fsp3) is 0.316. The molecule has 0 saturated heterocycles. The molecular formula is C19H23ClFN3O. The molecule has 0 aliphatic heterocycles. The molecule has 4 nitrogen and oxygen atoms in total. The summed E-state index contributed by atoms with van der Waals surface area (Å²) in [6.45, 7) is 8.14. The van der Waals surface area contributed by atoms with Crippen molar-refractivity contribution in [1.29, 1.82) is 0 Å². The van der Waals surface area contributed by atoms with Crippen LogP contribution < -0.4 is 15.5 Å². The number of benzene rings is 2. The minimum absolute atomic E-state index is 0.0215. The summed E-state index contributed by atoms with van der Waals surface area (Å²) < 4.78 is 13.1. The van der Waals surface area contributed by atoms with E-state index in [-0.39, 0.29) is 17.5 Å². The van der Waals surface area contributed by atoms with Crippen molar-refractivity contribution in [2.45, 2.75) is 20.8 Å². The molecule has 0 aromatic heterocycles. The van der Waals surface area contributed by atoms with Crippen molar-refractivity contribution in [1.82, 2.24) is 0 Å². The molecule has 0 spiro atoms. The number of hydrogen-bond acceptors (Lipinski definition) is 3. The zero-order valence-corrected chi connectivity index (χ0v) is 15.5. The molecule has 0 saturated carbocycles. The lowest BCUT2D eigenvalue weighted by Gasteiger charge is -2.22. The maximum atomic E-state index is 13.1. The second-order valence-electron chi connectivity index (χ2n) is 5.70. The number of amides is 1. The van der Waals surface area contributed by atoms with E-state index in [1.807, 2.05) is 19.1 Å². The molecule has 0 unspecified atom stereocenters. The average Bonchev–Trinajstić information content (AvgIpc) is 2.59. The van der Waals surface area contributed by atoms with Crippen LogP contribution in [0.25, 0.3) is 0 Å². The first-order valence-corrected chi connectivity index (χ1v) is 8.66. The van der Waals surface area contributed by atoms with Crippen molar-refractivity contribution < 1.29 is 9.18 Å². The molecule has 134 valence electrons. The number of carbonyl (C=O) groups excluding carboxylic acids is 1. The SMILES string of the molecule is CCN(CC)c1ccc(NC(=O)CNc2ccc(F)c(Cl)c2)c(C)c1. The number of nitrogens with one attached hydrogen (secondary N) is 2. The van der Waals surface area contributed by atoms with Gasteiger partial charge in [-0.1, -0.05) is 11.6 Å². The van der Waals surface area contributed by atoms with E-state index < -0.39 is 5.82 Å². The van der Waals surface area contributed by atoms with Gasteiger partial charge in [-0.2, -0.15) is 0 Å². The molecule has 2 rings (SSSR count). The van der Waals surface area contributed by atoms with Crippen LogP contribution in [0.3, 0.4) is 0 Å². The van der Waals surface area contributed by atoms with Crippen LogP contribution >= 0.6 is 11.6 Å². The first-order chi connectivity index (χ1) is 11.9. The van der Waals surface area contributed by atoms with Crippen molar-refractivity contribution >= 4 is 34.6 Å². The molecule has 0 aliphatic rings. The lowest BCUT2D eigenvalue weighted by Crippen LogP contribution is -2.23. The second kappa shape index (κ2) is 8.72. The van der Waals surface area contributed by atoms with E-state index in [1.54, 1.807) is 6.07 Å². The largest absolute Gasteiger partial charge is 0.376 e. The van der Waals surface area contributed by atoms with Gasteiger partial charge in [-0.05, 0) is 62.7 Å². The summed E-state index contributed by atoms with van der Waals surface area (Å²) in [5, 5.41) is 5.83. The highest BCUT2D eigenvalue weighted by atomic mass is 35.5. The number of hydrogen-bond donors (Lipinski definition) is 2. The molecule has 1 amide bonds. The van der Waals surface area contributed by atoms with Gasteiger partial charge in [0.2, 0.25) is 5.91 Å². The summed E-state index contributed by atoms with van der Waals surface area (Å²) in [5.41, 5.74) is 3.51. The minimum Gasteiger partial charge on any atom is -0.376 e. The van der Waals surface area contributed by atoms with E-state index in [4.69, 9.17) is 11.6 Å². The fourth-order valence-electron chi connectivity index (χ4n) is 2.56. The quantitative estimate of drug-likeness (QED) is 0.750. The van der Waals surface area contributed by atoms with Crippen molar-refractivity contribution in [3.05, 3.63) is 52.8 Å². The zero-order valence-electron chi connectivity index (χ0n) is 14.7. The van der Waals surface area contributed by atoms with E-state index in [0.29, 0.717) is 5.69 Å². The Balaban J connectivity index is 1.97. The van der Waals surface area contributed by atoms with E-state index >= 15 is 0 Å². The standard InChI is InChI=1S/C19H23ClFN3O/c1-4-24(5-2)15-7-9-18(13(3)10-15)23-19(25)12-22-14-6-8-17(21)16(20)11-14/h6-11,22H,4-5,12H2,1-3H3,(H,23,25). The Labute approximate surface area is 153 Å². The van der Waals surface area contributed by atoms with Gasteiger partial charge in [-0.3, -0.25) is 4.79 Å². The van der Waals surface area contributed by atoms with Crippen LogP contribution in [-0.4, -0.2) is 25.5 Å². The molecule has 0 atom stereocenters. The molecule has 2 aromatic carbocycles. The van der Waals surface area contributed by atoms with Crippen LogP contribution in [-0.2, 0) is 4.79 Å². The molecule has 6 heteroatoms. The third-order valence-electron chi connectivity index (χ3n) is 3.99. The Bertz CT molecular complexity index is 747. The van der Waals surface area contributed by atoms with Gasteiger partial charge in [0, 0.05) is 30.2 Å². The monoisotopic (exact) mass is 363 g/mol. The van der Waals surface area contributed by atoms with Gasteiger partial charge in [-0.25, -0.2) is 4.39 Å². The number of carbonyl (C=O) groups is 1. The van der Waals surface area contributed by atoms with Crippen molar-refractivity contribution in [2.24, 2.45) is 0 Å². The topological polar surface area (TPSA) is 44.4 Å². The van der Waals surface area contributed by atoms with E-state index in [0.717, 1.165) is 30.0 Å². The van der Waals surface area contributed by atoms with Crippen molar-refractivity contribution in [2.75, 3.05) is 35.2 Å². The van der Waals surface area contributed by atoms with Gasteiger partial charge in [0.15, 0.2) is 0 Å². The van der Waals surface area contributed by atoms with Gasteiger partial charge < -0.3 is 15.5 Å². The van der Waals surface area contributed by atoms with E-state index in [9.17, 15) is 9.18 Å². The molecule has 25 heavy (non-hydrogen) atoms. The maximum Gasteiger partial charge on any atom is 0.243 e. The normalized spacial score (nSPS) is 10.4. The van der Waals surface area contributed by atoms with Gasteiger partial charge in [0.1, 0.15) is 5.82 Å². The van der Waals surface area contributed by atoms with Gasteiger partial charge in [0.05, 0.1) is 11.6 Å². The molecule has 2 N–H and O–H groups in total. The molecule has 2 aromatic rings. The van der Waals surface area contributed by atoms with Crippen LogP contribution in [0, 0.1) is 12.7 Å². The molecule has 0 heterocycles. The summed E-state index contributed by atoms with van der Waals surface area (Å²) in [4.78, 5) is 14.4. The number of halogens is 2. The van der Waals surface area contributed by atoms with E-state index in [2.05, 4.69) is 35.4 Å². The third-order valence-corrected chi connectivity index (χ3v) is 4.27. The Kier molecular flexibility index (Phi) is 6.65. The molecular weight excluding hydrogens is 341 g/mol. The fourth-order valence-corrected chi connectivity index (χ4v) is 2.74. The highest BCUT2D eigenvalue weighted by Crippen LogP contribution is 2.23. The van der Waals surface area contributed by atoms with Crippen LogP contribution in [0.15, 0.2) is 36.4 Å². The summed E-state index contributed by atoms with van der Waals surface area (Å²) in [6.07, 6.45) is 0. The average molecular weight is 364 g/mol. The first kappa shape index (κ1) is 19.1. The smallest absolute Gasteiger partial charge is 0.243 e. The summed E-state index contributed by atoms with van der Waals surface area (Å²) >= 11 is 5.72. The number of nitrogens with zero attached hydrogens (tertiary/aromatic N) is 1. The maximum absolute atomic E-state index is 13.1. The zero-order chi connectivity index (χ0) is 18.4. The van der Waals surface area contributed by atoms with Crippen LogP contribution in [0.2, 0.25) is 5.02 Å². The Morgan fingerprint density at radius 2 is 1.88 bits per heavy atom. The van der Waals surface area contributed by atoms with Gasteiger partial charge in [-0.15, -0.1) is 0 Å². The minimum atomic E-state index is -0.486. The highest BCUT2D eigenvalue weighted by molar-refractivity contribution is 6.31. The number of rotatable bonds is 7. The predicted molar refractivity (Wildman–Crippen MR) is 103 cm³/mol. The molecule has 0 radical (unpaired) electrons. The van der Waals surface area contributed by atoms with Crippen LogP contribution in [0.5, 0.6) is 0 Å². The number of aryl methyl sites for hydroxylation is 1. The summed E-state index contributed by atoms with van der Waals surface area (Å²) in [5.74, 6) is -0.667. The lowest BCUT2D eigenvalue weighted by atomic mass is 10.1. The molecule has 0 fully saturated rings. The highest BCUT2D eigenvalue weighted by Gasteiger charge is 2.08. The second-order valence-corrected chi connectivity index (χ2v) is 6.11. The summed E-state index contributed by atoms with van der Waals surface area (Å²) in [6, 6.07) is 10.2. The van der Waals surface area contributed by atoms with E-state index in [1.165, 1.54) is 12.1 Å². The third kappa shape index (κ3) is 5.10. The van der Waals surface area contributed by atoms with Crippen LogP contribution in [0.4, 0.5) is 21.5 Å². The first-order valence-electron chi connectivity index (χ1n) is 8.29. The van der Waals surface area contributed by atoms with Gasteiger partial charge >= 0.3 is 0 Å².